The number of nitrogens with zero attached hydrogens (tertiary/aromatic N) is 2. The molecule has 2 aliphatic heterocycles. The highest BCUT2D eigenvalue weighted by Gasteiger charge is 2.33. The Morgan fingerprint density at radius 2 is 2.05 bits per heavy atom. The lowest BCUT2D eigenvalue weighted by molar-refractivity contribution is -0.137. The molecule has 0 amide bonds. The Bertz CT molecular complexity index is 655. The summed E-state index contributed by atoms with van der Waals surface area (Å²) >= 11 is 5.80. The van der Waals surface area contributed by atoms with Gasteiger partial charge in [0.05, 0.1) is 10.6 Å². The summed E-state index contributed by atoms with van der Waals surface area (Å²) in [5.41, 5.74) is 1.94. The highest BCUT2D eigenvalue weighted by molar-refractivity contribution is 6.31. The molecule has 2 heterocycles. The number of anilines is 1. The first-order valence-electron chi connectivity index (χ1n) is 6.50. The molecule has 0 aromatic heterocycles. The molecule has 0 saturated heterocycles. The summed E-state index contributed by atoms with van der Waals surface area (Å²) in [6.45, 7) is 1.31. The van der Waals surface area contributed by atoms with Crippen LogP contribution in [0.1, 0.15) is 12.0 Å². The molecule has 0 N–H and O–H groups in total. The summed E-state index contributed by atoms with van der Waals surface area (Å²) in [6.07, 6.45) is 2.09. The quantitative estimate of drug-likeness (QED) is 0.747. The lowest BCUT2D eigenvalue weighted by Gasteiger charge is -2.32. The minimum Gasteiger partial charge on any atom is -0.341 e. The summed E-state index contributed by atoms with van der Waals surface area (Å²) in [5.74, 6) is 0. The summed E-state index contributed by atoms with van der Waals surface area (Å²) in [4.78, 5) is 6.20. The van der Waals surface area contributed by atoms with E-state index in [0.29, 0.717) is 18.8 Å². The first kappa shape index (κ1) is 14.2. The van der Waals surface area contributed by atoms with Gasteiger partial charge in [-0.25, -0.2) is 0 Å². The van der Waals surface area contributed by atoms with E-state index in [1.807, 2.05) is 17.1 Å². The first-order valence-corrected chi connectivity index (χ1v) is 6.88. The van der Waals surface area contributed by atoms with Crippen molar-refractivity contribution < 1.29 is 13.2 Å². The maximum absolute atomic E-state index is 12.8. The number of alkyl halides is 3. The Labute approximate surface area is 125 Å². The molecule has 0 aliphatic carbocycles. The summed E-state index contributed by atoms with van der Waals surface area (Å²) < 4.78 is 38.3. The molecule has 0 atom stereocenters. The zero-order valence-electron chi connectivity index (χ0n) is 11.0. The fraction of sp³-hybridized carbons (Fsp3) is 0.267. The predicted octanol–water partition coefficient (Wildman–Crippen LogP) is 4.46. The standard InChI is InChI=1S/C15H12ClF3N2/c16-13-8-11(3-4-12(13)15(17,18)19)21-7-1-2-10-9-20-6-5-14(10)21/h1-4,8-9H,5-7H2. The van der Waals surface area contributed by atoms with Gasteiger partial charge in [-0.1, -0.05) is 23.8 Å². The van der Waals surface area contributed by atoms with E-state index < -0.39 is 11.7 Å². The third kappa shape index (κ3) is 2.70. The van der Waals surface area contributed by atoms with Gasteiger partial charge in [-0.2, -0.15) is 13.2 Å². The van der Waals surface area contributed by atoms with E-state index in [2.05, 4.69) is 4.99 Å². The van der Waals surface area contributed by atoms with Gasteiger partial charge >= 0.3 is 6.18 Å². The Hall–Kier alpha value is -1.75. The van der Waals surface area contributed by atoms with E-state index in [1.54, 1.807) is 6.21 Å². The zero-order chi connectivity index (χ0) is 15.0. The van der Waals surface area contributed by atoms with E-state index >= 15 is 0 Å². The summed E-state index contributed by atoms with van der Waals surface area (Å²) in [6, 6.07) is 3.87. The van der Waals surface area contributed by atoms with Crippen LogP contribution in [0.4, 0.5) is 18.9 Å². The number of hydrogen-bond donors (Lipinski definition) is 0. The highest BCUT2D eigenvalue weighted by Crippen LogP contribution is 2.38. The van der Waals surface area contributed by atoms with Crippen molar-refractivity contribution in [3.05, 3.63) is 52.2 Å². The minimum absolute atomic E-state index is 0.277. The molecule has 2 nitrogen and oxygen atoms in total. The van der Waals surface area contributed by atoms with Gasteiger partial charge in [0.25, 0.3) is 0 Å². The van der Waals surface area contributed by atoms with Crippen LogP contribution in [0, 0.1) is 0 Å². The second-order valence-corrected chi connectivity index (χ2v) is 5.27. The molecule has 1 aromatic rings. The Balaban J connectivity index is 1.98. The van der Waals surface area contributed by atoms with Crippen molar-refractivity contribution in [2.24, 2.45) is 4.99 Å². The average Bonchev–Trinajstić information content (AvgIpc) is 2.45. The van der Waals surface area contributed by atoms with Crippen LogP contribution in [-0.4, -0.2) is 19.3 Å². The van der Waals surface area contributed by atoms with E-state index in [4.69, 9.17) is 11.6 Å². The van der Waals surface area contributed by atoms with Crippen LogP contribution >= 0.6 is 11.6 Å². The highest BCUT2D eigenvalue weighted by atomic mass is 35.5. The summed E-state index contributed by atoms with van der Waals surface area (Å²) in [5, 5.41) is -0.277. The zero-order valence-corrected chi connectivity index (χ0v) is 11.7. The van der Waals surface area contributed by atoms with Crippen molar-refractivity contribution in [1.29, 1.82) is 0 Å². The molecule has 1 aromatic carbocycles. The van der Waals surface area contributed by atoms with E-state index in [1.165, 1.54) is 12.1 Å². The van der Waals surface area contributed by atoms with Crippen molar-refractivity contribution in [2.75, 3.05) is 18.0 Å². The van der Waals surface area contributed by atoms with Crippen molar-refractivity contribution in [1.82, 2.24) is 0 Å². The van der Waals surface area contributed by atoms with Gasteiger partial charge in [0, 0.05) is 42.7 Å². The minimum atomic E-state index is -4.43. The Morgan fingerprint density at radius 3 is 2.76 bits per heavy atom. The number of dihydropyridines is 1. The number of benzene rings is 1. The topological polar surface area (TPSA) is 15.6 Å². The molecule has 0 fully saturated rings. The van der Waals surface area contributed by atoms with Crippen LogP contribution in [0.2, 0.25) is 5.02 Å². The van der Waals surface area contributed by atoms with Crippen LogP contribution < -0.4 is 4.90 Å². The van der Waals surface area contributed by atoms with Crippen molar-refractivity contribution in [3.8, 4) is 0 Å². The molecule has 2 aliphatic rings. The molecular weight excluding hydrogens is 301 g/mol. The van der Waals surface area contributed by atoms with Crippen LogP contribution in [-0.2, 0) is 6.18 Å². The molecule has 0 unspecified atom stereocenters. The molecule has 0 spiro atoms. The normalized spacial score (nSPS) is 18.2. The monoisotopic (exact) mass is 312 g/mol. The number of allylic oxidation sites excluding steroid dienone is 2. The van der Waals surface area contributed by atoms with Gasteiger partial charge in [-0.3, -0.25) is 4.99 Å². The molecule has 6 heteroatoms. The Morgan fingerprint density at radius 1 is 1.24 bits per heavy atom. The Kier molecular flexibility index (Phi) is 3.53. The van der Waals surface area contributed by atoms with Gasteiger partial charge in [-0.15, -0.1) is 0 Å². The maximum Gasteiger partial charge on any atom is 0.417 e. The molecule has 0 radical (unpaired) electrons. The average molecular weight is 313 g/mol. The van der Waals surface area contributed by atoms with Crippen LogP contribution in [0.25, 0.3) is 0 Å². The number of aliphatic imine (C=N–C) groups is 1. The SMILES string of the molecule is FC(F)(F)c1ccc(N2CC=CC3=C2CCN=C3)cc1Cl. The first-order chi connectivity index (χ1) is 9.97. The fourth-order valence-corrected chi connectivity index (χ4v) is 2.82. The van der Waals surface area contributed by atoms with Crippen molar-refractivity contribution in [2.45, 2.75) is 12.6 Å². The van der Waals surface area contributed by atoms with E-state index in [0.717, 1.165) is 23.8 Å². The molecular formula is C15H12ClF3N2. The van der Waals surface area contributed by atoms with Gasteiger partial charge in [-0.05, 0) is 18.2 Å². The maximum atomic E-state index is 12.8. The van der Waals surface area contributed by atoms with Gasteiger partial charge < -0.3 is 4.90 Å². The fourth-order valence-electron chi connectivity index (χ4n) is 2.54. The van der Waals surface area contributed by atoms with Crippen molar-refractivity contribution in [3.63, 3.8) is 0 Å². The van der Waals surface area contributed by atoms with Crippen LogP contribution in [0.15, 0.2) is 46.6 Å². The summed E-state index contributed by atoms with van der Waals surface area (Å²) in [7, 11) is 0. The number of hydrogen-bond acceptors (Lipinski definition) is 2. The largest absolute Gasteiger partial charge is 0.417 e. The second kappa shape index (κ2) is 5.22. The molecule has 110 valence electrons. The van der Waals surface area contributed by atoms with Gasteiger partial charge in [0.1, 0.15) is 0 Å². The van der Waals surface area contributed by atoms with Crippen molar-refractivity contribution >= 4 is 23.5 Å². The molecule has 3 rings (SSSR count). The molecule has 0 saturated carbocycles. The molecule has 0 bridgehead atoms. The predicted molar refractivity (Wildman–Crippen MR) is 77.9 cm³/mol. The van der Waals surface area contributed by atoms with Crippen LogP contribution in [0.5, 0.6) is 0 Å². The smallest absolute Gasteiger partial charge is 0.341 e. The number of halogens is 4. The van der Waals surface area contributed by atoms with Crippen LogP contribution in [0.3, 0.4) is 0 Å². The third-order valence-corrected chi connectivity index (χ3v) is 3.83. The molecule has 21 heavy (non-hydrogen) atoms. The van der Waals surface area contributed by atoms with E-state index in [-0.39, 0.29) is 5.02 Å². The third-order valence-electron chi connectivity index (χ3n) is 3.52. The second-order valence-electron chi connectivity index (χ2n) is 4.86. The number of rotatable bonds is 1. The lowest BCUT2D eigenvalue weighted by Crippen LogP contribution is -2.28. The lowest BCUT2D eigenvalue weighted by atomic mass is 10.0. The van der Waals surface area contributed by atoms with Gasteiger partial charge in [0.15, 0.2) is 0 Å². The van der Waals surface area contributed by atoms with E-state index in [9.17, 15) is 13.2 Å². The van der Waals surface area contributed by atoms with Gasteiger partial charge in [0.2, 0.25) is 0 Å².